The normalized spacial score (nSPS) is 15.9. The Labute approximate surface area is 84.7 Å². The van der Waals surface area contributed by atoms with E-state index in [4.69, 9.17) is 5.73 Å². The van der Waals surface area contributed by atoms with Gasteiger partial charge < -0.3 is 15.2 Å². The van der Waals surface area contributed by atoms with Crippen LogP contribution in [-0.2, 0) is 7.05 Å². The van der Waals surface area contributed by atoms with Crippen LogP contribution in [0.2, 0.25) is 0 Å². The van der Waals surface area contributed by atoms with Gasteiger partial charge in [-0.1, -0.05) is 0 Å². The molecule has 4 heteroatoms. The van der Waals surface area contributed by atoms with E-state index in [1.165, 1.54) is 12.8 Å². The van der Waals surface area contributed by atoms with Crippen molar-refractivity contribution in [2.75, 3.05) is 18.0 Å². The van der Waals surface area contributed by atoms with E-state index >= 15 is 0 Å². The van der Waals surface area contributed by atoms with Crippen LogP contribution in [0.5, 0.6) is 0 Å². The topological polar surface area (TPSA) is 47.1 Å². The summed E-state index contributed by atoms with van der Waals surface area (Å²) in [7, 11) is 2.04. The quantitative estimate of drug-likeness (QED) is 0.752. The number of imidazole rings is 1. The standard InChI is InChI=1S/C10H18N4/c1-13-8-6-12-10(13)14(7-2-5-11)9-3-4-9/h6,8-9H,2-5,7,11H2,1H3. The maximum atomic E-state index is 5.53. The second-order valence-electron chi connectivity index (χ2n) is 3.90. The highest BCUT2D eigenvalue weighted by Gasteiger charge is 2.30. The maximum absolute atomic E-state index is 5.53. The van der Waals surface area contributed by atoms with Crippen molar-refractivity contribution in [2.24, 2.45) is 12.8 Å². The van der Waals surface area contributed by atoms with Crippen LogP contribution in [0.15, 0.2) is 12.4 Å². The number of hydrogen-bond donors (Lipinski definition) is 1. The Kier molecular flexibility index (Phi) is 2.72. The highest BCUT2D eigenvalue weighted by Crippen LogP contribution is 2.30. The van der Waals surface area contributed by atoms with E-state index in [1.807, 2.05) is 19.4 Å². The lowest BCUT2D eigenvalue weighted by molar-refractivity contribution is 0.692. The van der Waals surface area contributed by atoms with E-state index < -0.39 is 0 Å². The molecule has 1 aliphatic rings. The van der Waals surface area contributed by atoms with Crippen LogP contribution in [0.25, 0.3) is 0 Å². The largest absolute Gasteiger partial charge is 0.339 e. The third kappa shape index (κ3) is 1.90. The Bertz CT molecular complexity index is 290. The monoisotopic (exact) mass is 194 g/mol. The molecule has 1 aromatic heterocycles. The van der Waals surface area contributed by atoms with Gasteiger partial charge >= 0.3 is 0 Å². The molecule has 0 unspecified atom stereocenters. The van der Waals surface area contributed by atoms with Gasteiger partial charge in [0.1, 0.15) is 0 Å². The van der Waals surface area contributed by atoms with Crippen molar-refractivity contribution in [1.82, 2.24) is 9.55 Å². The lowest BCUT2D eigenvalue weighted by Crippen LogP contribution is -2.30. The molecule has 0 radical (unpaired) electrons. The number of anilines is 1. The molecule has 0 spiro atoms. The minimum atomic E-state index is 0.711. The fourth-order valence-corrected chi connectivity index (χ4v) is 1.73. The van der Waals surface area contributed by atoms with Crippen LogP contribution >= 0.6 is 0 Å². The van der Waals surface area contributed by atoms with E-state index in [0.717, 1.165) is 25.5 Å². The first-order valence-electron chi connectivity index (χ1n) is 5.27. The Morgan fingerprint density at radius 2 is 2.43 bits per heavy atom. The van der Waals surface area contributed by atoms with E-state index in [0.29, 0.717) is 6.04 Å². The molecule has 14 heavy (non-hydrogen) atoms. The number of hydrogen-bond acceptors (Lipinski definition) is 3. The summed E-state index contributed by atoms with van der Waals surface area (Å²) >= 11 is 0. The minimum absolute atomic E-state index is 0.711. The second kappa shape index (κ2) is 4.00. The van der Waals surface area contributed by atoms with Gasteiger partial charge in [-0.2, -0.15) is 0 Å². The lowest BCUT2D eigenvalue weighted by atomic mass is 10.4. The molecule has 1 heterocycles. The fourth-order valence-electron chi connectivity index (χ4n) is 1.73. The first kappa shape index (κ1) is 9.52. The zero-order valence-electron chi connectivity index (χ0n) is 8.69. The number of nitrogens with two attached hydrogens (primary N) is 1. The van der Waals surface area contributed by atoms with Crippen molar-refractivity contribution in [3.63, 3.8) is 0 Å². The van der Waals surface area contributed by atoms with Crippen LogP contribution in [0.1, 0.15) is 19.3 Å². The van der Waals surface area contributed by atoms with Crippen molar-refractivity contribution in [2.45, 2.75) is 25.3 Å². The molecule has 2 N–H and O–H groups in total. The Morgan fingerprint density at radius 1 is 1.64 bits per heavy atom. The summed E-state index contributed by atoms with van der Waals surface area (Å²) in [6.07, 6.45) is 7.50. The molecule has 1 aromatic rings. The summed E-state index contributed by atoms with van der Waals surface area (Å²) in [4.78, 5) is 6.76. The predicted molar refractivity (Wildman–Crippen MR) is 57.2 cm³/mol. The average molecular weight is 194 g/mol. The van der Waals surface area contributed by atoms with Gasteiger partial charge in [0.05, 0.1) is 0 Å². The fraction of sp³-hybridized carbons (Fsp3) is 0.700. The third-order valence-corrected chi connectivity index (χ3v) is 2.64. The van der Waals surface area contributed by atoms with E-state index in [2.05, 4.69) is 14.5 Å². The minimum Gasteiger partial charge on any atom is -0.339 e. The Balaban J connectivity index is 2.06. The summed E-state index contributed by atoms with van der Waals surface area (Å²) in [6, 6.07) is 0.711. The van der Waals surface area contributed by atoms with Crippen LogP contribution in [0.3, 0.4) is 0 Å². The van der Waals surface area contributed by atoms with Crippen LogP contribution in [0, 0.1) is 0 Å². The molecule has 78 valence electrons. The van der Waals surface area contributed by atoms with Gasteiger partial charge in [0, 0.05) is 32.0 Å². The number of aryl methyl sites for hydroxylation is 1. The van der Waals surface area contributed by atoms with Crippen molar-refractivity contribution in [1.29, 1.82) is 0 Å². The van der Waals surface area contributed by atoms with E-state index in [1.54, 1.807) is 0 Å². The van der Waals surface area contributed by atoms with Crippen LogP contribution in [-0.4, -0.2) is 28.7 Å². The van der Waals surface area contributed by atoms with Crippen molar-refractivity contribution < 1.29 is 0 Å². The molecule has 1 saturated carbocycles. The first-order valence-corrected chi connectivity index (χ1v) is 5.27. The van der Waals surface area contributed by atoms with Crippen LogP contribution < -0.4 is 10.6 Å². The van der Waals surface area contributed by atoms with Crippen molar-refractivity contribution in [3.8, 4) is 0 Å². The zero-order chi connectivity index (χ0) is 9.97. The van der Waals surface area contributed by atoms with Gasteiger partial charge in [0.2, 0.25) is 5.95 Å². The summed E-state index contributed by atoms with van der Waals surface area (Å²) in [5.41, 5.74) is 5.53. The van der Waals surface area contributed by atoms with Crippen LogP contribution in [0.4, 0.5) is 5.95 Å². The molecular formula is C10H18N4. The van der Waals surface area contributed by atoms with Crippen molar-refractivity contribution >= 4 is 5.95 Å². The molecule has 0 amide bonds. The molecular weight excluding hydrogens is 176 g/mol. The molecule has 0 atom stereocenters. The third-order valence-electron chi connectivity index (χ3n) is 2.64. The van der Waals surface area contributed by atoms with Crippen molar-refractivity contribution in [3.05, 3.63) is 12.4 Å². The highest BCUT2D eigenvalue weighted by atomic mass is 15.3. The number of aromatic nitrogens is 2. The zero-order valence-corrected chi connectivity index (χ0v) is 8.69. The Hall–Kier alpha value is -1.03. The van der Waals surface area contributed by atoms with Gasteiger partial charge in [-0.15, -0.1) is 0 Å². The van der Waals surface area contributed by atoms with Gasteiger partial charge in [0.25, 0.3) is 0 Å². The average Bonchev–Trinajstić information content (AvgIpc) is 2.92. The molecule has 1 aliphatic carbocycles. The first-order chi connectivity index (χ1) is 6.83. The predicted octanol–water partition coefficient (Wildman–Crippen LogP) is 0.738. The molecule has 2 rings (SSSR count). The van der Waals surface area contributed by atoms with Gasteiger partial charge in [-0.05, 0) is 25.8 Å². The smallest absolute Gasteiger partial charge is 0.205 e. The van der Waals surface area contributed by atoms with E-state index in [9.17, 15) is 0 Å². The summed E-state index contributed by atoms with van der Waals surface area (Å²) < 4.78 is 2.08. The molecule has 0 aromatic carbocycles. The second-order valence-corrected chi connectivity index (χ2v) is 3.90. The molecule has 0 bridgehead atoms. The molecule has 0 saturated heterocycles. The summed E-state index contributed by atoms with van der Waals surface area (Å²) in [5.74, 6) is 1.08. The summed E-state index contributed by atoms with van der Waals surface area (Å²) in [5, 5.41) is 0. The molecule has 1 fully saturated rings. The Morgan fingerprint density at radius 3 is 2.93 bits per heavy atom. The highest BCUT2D eigenvalue weighted by molar-refractivity contribution is 5.34. The van der Waals surface area contributed by atoms with Gasteiger partial charge in [0.15, 0.2) is 0 Å². The molecule has 0 aliphatic heterocycles. The number of rotatable bonds is 5. The molecule has 4 nitrogen and oxygen atoms in total. The van der Waals surface area contributed by atoms with E-state index in [-0.39, 0.29) is 0 Å². The van der Waals surface area contributed by atoms with Gasteiger partial charge in [-0.25, -0.2) is 4.98 Å². The SMILES string of the molecule is Cn1ccnc1N(CCCN)C1CC1. The maximum Gasteiger partial charge on any atom is 0.205 e. The summed E-state index contributed by atoms with van der Waals surface area (Å²) in [6.45, 7) is 1.79. The lowest BCUT2D eigenvalue weighted by Gasteiger charge is -2.22. The van der Waals surface area contributed by atoms with Gasteiger partial charge in [-0.3, -0.25) is 0 Å². The number of nitrogens with zero attached hydrogens (tertiary/aromatic N) is 3.